The van der Waals surface area contributed by atoms with Gasteiger partial charge in [-0.15, -0.1) is 8.78 Å². The Morgan fingerprint density at radius 2 is 1.92 bits per heavy atom. The van der Waals surface area contributed by atoms with Crippen molar-refractivity contribution in [3.05, 3.63) is 65.7 Å². The van der Waals surface area contributed by atoms with Gasteiger partial charge in [0.2, 0.25) is 5.91 Å². The van der Waals surface area contributed by atoms with Crippen LogP contribution in [0, 0.1) is 6.92 Å². The maximum absolute atomic E-state index is 13.4. The van der Waals surface area contributed by atoms with E-state index < -0.39 is 24.4 Å². The molecule has 188 valence electrons. The lowest BCUT2D eigenvalue weighted by molar-refractivity contribution is -0.286. The molecule has 1 aromatic heterocycles. The summed E-state index contributed by atoms with van der Waals surface area (Å²) in [6.45, 7) is 1.44. The van der Waals surface area contributed by atoms with Crippen LogP contribution in [0.1, 0.15) is 24.0 Å². The minimum atomic E-state index is -3.72. The highest BCUT2D eigenvalue weighted by Gasteiger charge is 2.53. The predicted molar refractivity (Wildman–Crippen MR) is 125 cm³/mol. The van der Waals surface area contributed by atoms with E-state index in [4.69, 9.17) is 9.84 Å². The summed E-state index contributed by atoms with van der Waals surface area (Å²) in [6, 6.07) is 15.1. The van der Waals surface area contributed by atoms with Gasteiger partial charge in [-0.1, -0.05) is 24.3 Å². The summed E-state index contributed by atoms with van der Waals surface area (Å²) in [7, 11) is 0. The van der Waals surface area contributed by atoms with E-state index in [-0.39, 0.29) is 24.0 Å². The Labute approximate surface area is 205 Å². The third-order valence-corrected chi connectivity index (χ3v) is 6.24. The highest BCUT2D eigenvalue weighted by atomic mass is 19.3. The van der Waals surface area contributed by atoms with Gasteiger partial charge < -0.3 is 29.7 Å². The van der Waals surface area contributed by atoms with E-state index in [0.29, 0.717) is 35.7 Å². The third kappa shape index (κ3) is 4.69. The van der Waals surface area contributed by atoms with Gasteiger partial charge in [-0.2, -0.15) is 0 Å². The lowest BCUT2D eigenvalue weighted by Gasteiger charge is -2.17. The molecule has 5 rings (SSSR count). The lowest BCUT2D eigenvalue weighted by atomic mass is 9.94. The molecule has 10 heteroatoms. The van der Waals surface area contributed by atoms with E-state index in [2.05, 4.69) is 19.8 Å². The van der Waals surface area contributed by atoms with Crippen molar-refractivity contribution in [1.29, 1.82) is 0 Å². The molecule has 0 bridgehead atoms. The second-order valence-electron chi connectivity index (χ2n) is 8.90. The Kier molecular flexibility index (Phi) is 6.01. The molecule has 1 aliphatic carbocycles. The Hall–Kier alpha value is -3.76. The van der Waals surface area contributed by atoms with E-state index in [1.54, 1.807) is 30.3 Å². The molecule has 1 saturated carbocycles. The highest BCUT2D eigenvalue weighted by molar-refractivity contribution is 6.01. The highest BCUT2D eigenvalue weighted by Crippen LogP contribution is 2.52. The Morgan fingerprint density at radius 1 is 1.14 bits per heavy atom. The Morgan fingerprint density at radius 3 is 2.67 bits per heavy atom. The van der Waals surface area contributed by atoms with Crippen molar-refractivity contribution in [2.45, 2.75) is 37.6 Å². The van der Waals surface area contributed by atoms with Crippen LogP contribution in [0.3, 0.4) is 0 Å². The van der Waals surface area contributed by atoms with Crippen molar-refractivity contribution in [2.75, 3.05) is 18.5 Å². The molecule has 1 fully saturated rings. The molecule has 36 heavy (non-hydrogen) atoms. The number of aromatic nitrogens is 1. The maximum atomic E-state index is 13.4. The van der Waals surface area contributed by atoms with E-state index in [0.717, 1.165) is 11.1 Å². The number of hydrogen-bond donors (Lipinski definition) is 3. The maximum Gasteiger partial charge on any atom is 0.586 e. The summed E-state index contributed by atoms with van der Waals surface area (Å²) in [5.74, 6) is 0.399. The fourth-order valence-corrected chi connectivity index (χ4v) is 4.12. The van der Waals surface area contributed by atoms with Crippen LogP contribution in [0.25, 0.3) is 11.3 Å². The van der Waals surface area contributed by atoms with Crippen LogP contribution in [-0.2, 0) is 10.2 Å². The van der Waals surface area contributed by atoms with Gasteiger partial charge in [0, 0.05) is 5.56 Å². The fourth-order valence-electron chi connectivity index (χ4n) is 4.12. The lowest BCUT2D eigenvalue weighted by Crippen LogP contribution is -2.28. The van der Waals surface area contributed by atoms with Gasteiger partial charge in [0.1, 0.15) is 24.3 Å². The number of halogens is 2. The molecule has 1 unspecified atom stereocenters. The normalized spacial score (nSPS) is 17.4. The molecule has 3 N–H and O–H groups in total. The smallest absolute Gasteiger partial charge is 0.491 e. The zero-order valence-corrected chi connectivity index (χ0v) is 19.3. The van der Waals surface area contributed by atoms with Crippen molar-refractivity contribution in [3.63, 3.8) is 0 Å². The number of carbonyl (C=O) groups is 1. The Balaban J connectivity index is 1.34. The largest absolute Gasteiger partial charge is 0.586 e. The van der Waals surface area contributed by atoms with E-state index >= 15 is 0 Å². The van der Waals surface area contributed by atoms with Gasteiger partial charge in [-0.05, 0) is 61.2 Å². The summed E-state index contributed by atoms with van der Waals surface area (Å²) in [4.78, 5) is 17.9. The average Bonchev–Trinajstić information content (AvgIpc) is 3.61. The second kappa shape index (κ2) is 9.03. The molecule has 2 aliphatic rings. The van der Waals surface area contributed by atoms with E-state index in [1.807, 2.05) is 19.1 Å². The molecule has 8 nitrogen and oxygen atoms in total. The van der Waals surface area contributed by atoms with Gasteiger partial charge in [0.05, 0.1) is 17.7 Å². The number of aliphatic hydroxyl groups excluding tert-OH is 2. The number of nitrogens with zero attached hydrogens (tertiary/aromatic N) is 1. The number of rotatable bonds is 8. The summed E-state index contributed by atoms with van der Waals surface area (Å²) in [6.07, 6.45) is -3.58. The number of aliphatic hydroxyl groups is 2. The number of benzene rings is 2. The number of nitrogens with one attached hydrogen (secondary N) is 1. The minimum absolute atomic E-state index is 0.0535. The number of aryl methyl sites for hydroxylation is 1. The van der Waals surface area contributed by atoms with Crippen LogP contribution in [-0.4, -0.2) is 46.7 Å². The summed E-state index contributed by atoms with van der Waals surface area (Å²) in [5, 5.41) is 21.3. The summed E-state index contributed by atoms with van der Waals surface area (Å²) >= 11 is 0. The number of fused-ring (bicyclic) bond motifs is 1. The van der Waals surface area contributed by atoms with Crippen LogP contribution in [0.2, 0.25) is 0 Å². The number of carbonyl (C=O) groups excluding carboxylic acids is 1. The third-order valence-electron chi connectivity index (χ3n) is 6.24. The minimum Gasteiger partial charge on any atom is -0.491 e. The molecule has 3 aromatic rings. The first kappa shape index (κ1) is 24.0. The fraction of sp³-hybridized carbons (Fsp3) is 0.308. The molecular weight excluding hydrogens is 474 g/mol. The quantitative estimate of drug-likeness (QED) is 0.434. The number of hydrogen-bond acceptors (Lipinski definition) is 7. The van der Waals surface area contributed by atoms with Crippen molar-refractivity contribution >= 4 is 11.7 Å². The average molecular weight is 498 g/mol. The van der Waals surface area contributed by atoms with Crippen LogP contribution < -0.4 is 19.5 Å². The molecular formula is C26H24F2N2O6. The first-order chi connectivity index (χ1) is 17.2. The van der Waals surface area contributed by atoms with Crippen molar-refractivity contribution in [1.82, 2.24) is 4.98 Å². The monoisotopic (exact) mass is 498 g/mol. The van der Waals surface area contributed by atoms with Crippen molar-refractivity contribution < 1.29 is 38.0 Å². The number of alkyl halides is 2. The molecule has 0 radical (unpaired) electrons. The zero-order chi connectivity index (χ0) is 25.5. The van der Waals surface area contributed by atoms with Crippen LogP contribution >= 0.6 is 0 Å². The van der Waals surface area contributed by atoms with Gasteiger partial charge in [-0.25, -0.2) is 4.98 Å². The second-order valence-corrected chi connectivity index (χ2v) is 8.90. The van der Waals surface area contributed by atoms with Crippen LogP contribution in [0.4, 0.5) is 14.6 Å². The molecule has 0 saturated heterocycles. The zero-order valence-electron chi connectivity index (χ0n) is 19.3. The molecule has 1 atom stereocenters. The van der Waals surface area contributed by atoms with Crippen molar-refractivity contribution in [3.8, 4) is 28.5 Å². The molecule has 0 spiro atoms. The van der Waals surface area contributed by atoms with E-state index in [1.165, 1.54) is 12.1 Å². The van der Waals surface area contributed by atoms with Gasteiger partial charge in [-0.3, -0.25) is 4.79 Å². The van der Waals surface area contributed by atoms with Crippen molar-refractivity contribution in [2.24, 2.45) is 0 Å². The predicted octanol–water partition coefficient (Wildman–Crippen LogP) is 3.78. The standard InChI is InChI=1S/C26H24F2N2O6/c1-15-5-8-22(29-23(15)16-3-2-4-19(11-16)34-14-18(32)13-31)30-24(33)25(9-10-25)17-6-7-20-21(12-17)36-26(27,28)35-20/h2-8,11-12,18,31-32H,9-10,13-14H2,1H3,(H,29,30,33). The van der Waals surface area contributed by atoms with Gasteiger partial charge in [0.25, 0.3) is 0 Å². The Bertz CT molecular complexity index is 1310. The topological polar surface area (TPSA) is 110 Å². The molecule has 2 heterocycles. The van der Waals surface area contributed by atoms with Crippen LogP contribution in [0.15, 0.2) is 54.6 Å². The number of amides is 1. The first-order valence-corrected chi connectivity index (χ1v) is 11.4. The molecule has 1 aliphatic heterocycles. The summed E-state index contributed by atoms with van der Waals surface area (Å²) in [5.41, 5.74) is 1.97. The SMILES string of the molecule is Cc1ccc(NC(=O)C2(c3ccc4c(c3)OC(F)(F)O4)CC2)nc1-c1cccc(OCC(O)CO)c1. The van der Waals surface area contributed by atoms with Gasteiger partial charge >= 0.3 is 6.29 Å². The molecule has 2 aromatic carbocycles. The first-order valence-electron chi connectivity index (χ1n) is 11.4. The van der Waals surface area contributed by atoms with Gasteiger partial charge in [0.15, 0.2) is 11.5 Å². The number of anilines is 1. The molecule has 1 amide bonds. The van der Waals surface area contributed by atoms with Crippen LogP contribution in [0.5, 0.6) is 17.2 Å². The summed E-state index contributed by atoms with van der Waals surface area (Å²) < 4.78 is 41.3. The number of pyridine rings is 1. The number of ether oxygens (including phenoxy) is 3. The van der Waals surface area contributed by atoms with E-state index in [9.17, 15) is 18.7 Å².